The molecule has 3 aromatic rings. The van der Waals surface area contributed by atoms with Crippen LogP contribution in [0.15, 0.2) is 60.7 Å². The van der Waals surface area contributed by atoms with Gasteiger partial charge >= 0.3 is 0 Å². The van der Waals surface area contributed by atoms with E-state index in [1.807, 2.05) is 60.7 Å². The van der Waals surface area contributed by atoms with Gasteiger partial charge in [0.2, 0.25) is 0 Å². The summed E-state index contributed by atoms with van der Waals surface area (Å²) in [5.41, 5.74) is -0.259. The van der Waals surface area contributed by atoms with Gasteiger partial charge in [-0.1, -0.05) is 48.5 Å². The van der Waals surface area contributed by atoms with E-state index in [-0.39, 0.29) is 18.4 Å². The molecule has 1 atom stereocenters. The molecule has 1 amide bonds. The maximum absolute atomic E-state index is 12.7. The summed E-state index contributed by atoms with van der Waals surface area (Å²) in [6.45, 7) is 1.48. The molecule has 27 heavy (non-hydrogen) atoms. The minimum atomic E-state index is -1.10. The lowest BCUT2D eigenvalue weighted by atomic mass is 9.77. The largest absolute Gasteiger partial charge is 0.383 e. The Labute approximate surface area is 162 Å². The molecule has 1 unspecified atom stereocenters. The minimum absolute atomic E-state index is 0.0522. The number of hydrogen-bond acceptors (Lipinski definition) is 4. The standard InChI is InChI=1S/C22H23NO3S/c24-21(20-14-16-6-4-5-9-19(16)27-20)23-15-22(25,17-7-2-1-3-8-17)18-10-12-26-13-11-18/h1-9,14,18,25H,10-13,15H2,(H,23,24). The predicted molar refractivity (Wildman–Crippen MR) is 108 cm³/mol. The van der Waals surface area contributed by atoms with Crippen LogP contribution < -0.4 is 5.32 Å². The molecule has 0 aliphatic carbocycles. The normalized spacial score (nSPS) is 17.5. The summed E-state index contributed by atoms with van der Waals surface area (Å²) in [5.74, 6) is -0.0889. The molecule has 0 bridgehead atoms. The molecule has 0 spiro atoms. The molecule has 0 saturated carbocycles. The van der Waals surface area contributed by atoms with Gasteiger partial charge in [-0.15, -0.1) is 11.3 Å². The van der Waals surface area contributed by atoms with Crippen LogP contribution in [0.3, 0.4) is 0 Å². The van der Waals surface area contributed by atoms with Gasteiger partial charge in [0, 0.05) is 17.9 Å². The van der Waals surface area contributed by atoms with Crippen molar-refractivity contribution in [1.82, 2.24) is 5.32 Å². The summed E-state index contributed by atoms with van der Waals surface area (Å²) in [6, 6.07) is 19.5. The number of thiophene rings is 1. The van der Waals surface area contributed by atoms with Crippen molar-refractivity contribution < 1.29 is 14.6 Å². The van der Waals surface area contributed by atoms with E-state index in [4.69, 9.17) is 4.74 Å². The predicted octanol–water partition coefficient (Wildman–Crippen LogP) is 3.95. The van der Waals surface area contributed by atoms with Crippen molar-refractivity contribution in [2.75, 3.05) is 19.8 Å². The molecule has 140 valence electrons. The smallest absolute Gasteiger partial charge is 0.261 e. The lowest BCUT2D eigenvalue weighted by Gasteiger charge is -2.39. The fraction of sp³-hybridized carbons (Fsp3) is 0.318. The van der Waals surface area contributed by atoms with Gasteiger partial charge in [0.25, 0.3) is 5.91 Å². The lowest BCUT2D eigenvalue weighted by molar-refractivity contribution is -0.0680. The van der Waals surface area contributed by atoms with Crippen molar-refractivity contribution in [2.45, 2.75) is 18.4 Å². The van der Waals surface area contributed by atoms with Crippen LogP contribution >= 0.6 is 11.3 Å². The molecule has 2 aromatic carbocycles. The van der Waals surface area contributed by atoms with E-state index in [0.717, 1.165) is 28.5 Å². The zero-order chi connectivity index (χ0) is 18.7. The van der Waals surface area contributed by atoms with E-state index in [1.54, 1.807) is 0 Å². The monoisotopic (exact) mass is 381 g/mol. The van der Waals surface area contributed by atoms with E-state index in [1.165, 1.54) is 11.3 Å². The van der Waals surface area contributed by atoms with Gasteiger partial charge in [-0.2, -0.15) is 0 Å². The highest BCUT2D eigenvalue weighted by atomic mass is 32.1. The number of amides is 1. The van der Waals surface area contributed by atoms with Gasteiger partial charge < -0.3 is 15.2 Å². The van der Waals surface area contributed by atoms with Crippen LogP contribution in [-0.4, -0.2) is 30.8 Å². The molecule has 4 rings (SSSR count). The molecule has 1 aromatic heterocycles. The second-order valence-electron chi connectivity index (χ2n) is 7.01. The molecule has 2 heterocycles. The van der Waals surface area contributed by atoms with E-state index in [9.17, 15) is 9.90 Å². The van der Waals surface area contributed by atoms with Crippen LogP contribution in [0.4, 0.5) is 0 Å². The summed E-state index contributed by atoms with van der Waals surface area (Å²) in [4.78, 5) is 13.4. The van der Waals surface area contributed by atoms with Crippen molar-refractivity contribution in [3.05, 3.63) is 71.1 Å². The van der Waals surface area contributed by atoms with Crippen LogP contribution in [0.2, 0.25) is 0 Å². The quantitative estimate of drug-likeness (QED) is 0.704. The van der Waals surface area contributed by atoms with E-state index < -0.39 is 5.60 Å². The zero-order valence-electron chi connectivity index (χ0n) is 15.1. The maximum atomic E-state index is 12.7. The molecule has 0 radical (unpaired) electrons. The molecular weight excluding hydrogens is 358 g/mol. The third-order valence-corrected chi connectivity index (χ3v) is 6.45. The highest BCUT2D eigenvalue weighted by molar-refractivity contribution is 7.20. The summed E-state index contributed by atoms with van der Waals surface area (Å²) < 4.78 is 6.55. The van der Waals surface area contributed by atoms with E-state index in [2.05, 4.69) is 5.32 Å². The van der Waals surface area contributed by atoms with Gasteiger partial charge in [-0.25, -0.2) is 0 Å². The Hall–Kier alpha value is -2.21. The lowest BCUT2D eigenvalue weighted by Crippen LogP contribution is -2.47. The SMILES string of the molecule is O=C(NCC(O)(c1ccccc1)C1CCOCC1)c1cc2ccccc2s1. The number of carbonyl (C=O) groups is 1. The molecule has 5 heteroatoms. The molecule has 1 saturated heterocycles. The minimum Gasteiger partial charge on any atom is -0.383 e. The van der Waals surface area contributed by atoms with E-state index >= 15 is 0 Å². The average molecular weight is 381 g/mol. The van der Waals surface area contributed by atoms with Crippen LogP contribution in [0, 0.1) is 5.92 Å². The van der Waals surface area contributed by atoms with Crippen LogP contribution in [0.5, 0.6) is 0 Å². The molecule has 1 fully saturated rings. The number of aliphatic hydroxyl groups is 1. The van der Waals surface area contributed by atoms with Crippen LogP contribution in [0.1, 0.15) is 28.1 Å². The second kappa shape index (κ2) is 7.80. The first-order chi connectivity index (χ1) is 13.2. The Morgan fingerprint density at radius 2 is 1.81 bits per heavy atom. The number of rotatable bonds is 5. The third kappa shape index (κ3) is 3.76. The number of benzene rings is 2. The molecular formula is C22H23NO3S. The van der Waals surface area contributed by atoms with Gasteiger partial charge in [0.05, 0.1) is 11.4 Å². The average Bonchev–Trinajstić information content (AvgIpc) is 3.17. The zero-order valence-corrected chi connectivity index (χ0v) is 15.9. The maximum Gasteiger partial charge on any atom is 0.261 e. The number of carbonyl (C=O) groups excluding carboxylic acids is 1. The molecule has 1 aliphatic rings. The third-order valence-electron chi connectivity index (χ3n) is 5.34. The molecule has 1 aliphatic heterocycles. The number of nitrogens with one attached hydrogen (secondary N) is 1. The molecule has 2 N–H and O–H groups in total. The fourth-order valence-electron chi connectivity index (χ4n) is 3.78. The van der Waals surface area contributed by atoms with Crippen molar-refractivity contribution >= 4 is 27.3 Å². The van der Waals surface area contributed by atoms with Gasteiger partial charge in [-0.05, 0) is 41.8 Å². The Balaban J connectivity index is 1.55. The van der Waals surface area contributed by atoms with Gasteiger partial charge in [0.1, 0.15) is 5.60 Å². The summed E-state index contributed by atoms with van der Waals surface area (Å²) >= 11 is 1.47. The Morgan fingerprint density at radius 1 is 1.11 bits per heavy atom. The van der Waals surface area contributed by atoms with Gasteiger partial charge in [-0.3, -0.25) is 4.79 Å². The first kappa shape index (κ1) is 18.2. The number of fused-ring (bicyclic) bond motifs is 1. The Kier molecular flexibility index (Phi) is 5.25. The summed E-state index contributed by atoms with van der Waals surface area (Å²) in [6.07, 6.45) is 1.56. The van der Waals surface area contributed by atoms with Gasteiger partial charge in [0.15, 0.2) is 0 Å². The number of ether oxygens (including phenoxy) is 1. The topological polar surface area (TPSA) is 58.6 Å². The Bertz CT molecular complexity index is 884. The second-order valence-corrected chi connectivity index (χ2v) is 8.09. The first-order valence-corrected chi connectivity index (χ1v) is 10.1. The van der Waals surface area contributed by atoms with Crippen molar-refractivity contribution in [2.24, 2.45) is 5.92 Å². The highest BCUT2D eigenvalue weighted by Crippen LogP contribution is 2.36. The van der Waals surface area contributed by atoms with Crippen molar-refractivity contribution in [3.63, 3.8) is 0 Å². The van der Waals surface area contributed by atoms with E-state index in [0.29, 0.717) is 18.1 Å². The van der Waals surface area contributed by atoms with Crippen LogP contribution in [-0.2, 0) is 10.3 Å². The van der Waals surface area contributed by atoms with Crippen molar-refractivity contribution in [3.8, 4) is 0 Å². The first-order valence-electron chi connectivity index (χ1n) is 9.29. The van der Waals surface area contributed by atoms with Crippen LogP contribution in [0.25, 0.3) is 10.1 Å². The summed E-state index contributed by atoms with van der Waals surface area (Å²) in [5, 5.41) is 15.6. The highest BCUT2D eigenvalue weighted by Gasteiger charge is 2.39. The number of hydrogen-bond donors (Lipinski definition) is 2. The Morgan fingerprint density at radius 3 is 2.56 bits per heavy atom. The fourth-order valence-corrected chi connectivity index (χ4v) is 4.76. The van der Waals surface area contributed by atoms with Crippen molar-refractivity contribution in [1.29, 1.82) is 0 Å². The molecule has 4 nitrogen and oxygen atoms in total. The summed E-state index contributed by atoms with van der Waals surface area (Å²) in [7, 11) is 0.